The molecule has 4 atom stereocenters. The lowest BCUT2D eigenvalue weighted by Gasteiger charge is -2.36. The maximum absolute atomic E-state index is 13.5. The number of carbonyl (C=O) groups is 2. The van der Waals surface area contributed by atoms with Crippen LogP contribution in [0.3, 0.4) is 0 Å². The number of phenolic OH excluding ortho intramolecular Hbond substituents is 1. The first-order valence-corrected chi connectivity index (χ1v) is 15.0. The van der Waals surface area contributed by atoms with Gasteiger partial charge in [0.25, 0.3) is 0 Å². The molecule has 7 nitrogen and oxygen atoms in total. The Balaban J connectivity index is 1.47. The lowest BCUT2D eigenvalue weighted by atomic mass is 9.68. The number of phenols is 1. The van der Waals surface area contributed by atoms with Gasteiger partial charge in [0.05, 0.1) is 24.5 Å². The zero-order valence-electron chi connectivity index (χ0n) is 24.4. The second-order valence-corrected chi connectivity index (χ2v) is 11.3. The van der Waals surface area contributed by atoms with E-state index in [4.69, 9.17) is 4.74 Å². The predicted molar refractivity (Wildman–Crippen MR) is 166 cm³/mol. The number of para-hydroxylation sites is 2. The molecule has 0 bridgehead atoms. The molecule has 1 aliphatic heterocycles. The number of fused-ring (bicyclic) bond motifs is 1. The Kier molecular flexibility index (Phi) is 9.75. The second kappa shape index (κ2) is 13.8. The summed E-state index contributed by atoms with van der Waals surface area (Å²) >= 11 is 0. The summed E-state index contributed by atoms with van der Waals surface area (Å²) in [6.45, 7) is 2.05. The van der Waals surface area contributed by atoms with Crippen molar-refractivity contribution in [3.8, 4) is 11.5 Å². The minimum absolute atomic E-state index is 0.143. The lowest BCUT2D eigenvalue weighted by molar-refractivity contribution is -0.140. The van der Waals surface area contributed by atoms with Crippen molar-refractivity contribution in [3.63, 3.8) is 0 Å². The van der Waals surface area contributed by atoms with Crippen LogP contribution in [0.25, 0.3) is 11.6 Å². The van der Waals surface area contributed by atoms with Crippen molar-refractivity contribution >= 4 is 23.5 Å². The molecule has 5 rings (SSSR count). The number of hydrogen-bond acceptors (Lipinski definition) is 6. The predicted octanol–water partition coefficient (Wildman–Crippen LogP) is 5.47. The smallest absolute Gasteiger partial charge is 0.233 e. The number of aliphatic hydroxyl groups is 2. The largest absolute Gasteiger partial charge is 0.507 e. The van der Waals surface area contributed by atoms with Gasteiger partial charge in [-0.3, -0.25) is 14.5 Å². The standard InChI is InChI=1S/C36H39NO6/c1-2-19-37-35(41)29-21-27(23-43-28-14-7-4-8-15-28)33(30(22-38)34(29)36(37)42)32(40)18-17-25(24-11-5-3-6-12-24)20-26-13-9-10-16-31(26)39/h3-16,20,29-30,32,34,38-40H,2,17-19,21-23H2,1H3/b25-20-/t29-,30+,32-,34-/m1/s1. The van der Waals surface area contributed by atoms with Crippen molar-refractivity contribution in [1.82, 2.24) is 4.90 Å². The highest BCUT2D eigenvalue weighted by molar-refractivity contribution is 6.05. The molecule has 2 aliphatic rings. The Bertz CT molecular complexity index is 1480. The normalized spacial score (nSPS) is 21.2. The van der Waals surface area contributed by atoms with Crippen LogP contribution in [0.4, 0.5) is 0 Å². The number of ether oxygens (including phenoxy) is 1. The van der Waals surface area contributed by atoms with Crippen LogP contribution in [0.5, 0.6) is 11.5 Å². The molecule has 1 heterocycles. The SMILES string of the molecule is CCCN1C(=O)[C@@H]2[C@@H](CC(COc3ccccc3)=C([C@H](O)CC/C(=C/c3ccccc3O)c3ccccc3)[C@@H]2CO)C1=O. The molecule has 1 saturated heterocycles. The second-order valence-electron chi connectivity index (χ2n) is 11.3. The molecule has 1 aliphatic carbocycles. The summed E-state index contributed by atoms with van der Waals surface area (Å²) in [4.78, 5) is 28.1. The number of likely N-dealkylation sites (tertiary alicyclic amines) is 1. The van der Waals surface area contributed by atoms with Gasteiger partial charge in [0.1, 0.15) is 18.1 Å². The molecule has 7 heteroatoms. The third kappa shape index (κ3) is 6.58. The van der Waals surface area contributed by atoms with Crippen LogP contribution < -0.4 is 4.74 Å². The summed E-state index contributed by atoms with van der Waals surface area (Å²) in [5.41, 5.74) is 3.91. The molecule has 3 aromatic rings. The van der Waals surface area contributed by atoms with E-state index in [1.807, 2.05) is 85.8 Å². The van der Waals surface area contributed by atoms with E-state index < -0.39 is 23.9 Å². The number of aromatic hydroxyl groups is 1. The molecule has 3 aromatic carbocycles. The van der Waals surface area contributed by atoms with Crippen molar-refractivity contribution < 1.29 is 29.6 Å². The van der Waals surface area contributed by atoms with E-state index in [1.54, 1.807) is 12.1 Å². The number of amides is 2. The van der Waals surface area contributed by atoms with Gasteiger partial charge >= 0.3 is 0 Å². The van der Waals surface area contributed by atoms with E-state index in [1.165, 1.54) is 4.90 Å². The Morgan fingerprint density at radius 1 is 0.977 bits per heavy atom. The monoisotopic (exact) mass is 581 g/mol. The fraction of sp³-hybridized carbons (Fsp3) is 0.333. The highest BCUT2D eigenvalue weighted by Crippen LogP contribution is 2.46. The van der Waals surface area contributed by atoms with Crippen molar-refractivity contribution in [2.45, 2.75) is 38.7 Å². The number of carbonyl (C=O) groups excluding carboxylic acids is 2. The topological polar surface area (TPSA) is 107 Å². The van der Waals surface area contributed by atoms with Crippen molar-refractivity contribution in [1.29, 1.82) is 0 Å². The lowest BCUT2D eigenvalue weighted by Crippen LogP contribution is -2.40. The van der Waals surface area contributed by atoms with E-state index in [0.29, 0.717) is 49.1 Å². The first-order valence-electron chi connectivity index (χ1n) is 15.0. The summed E-state index contributed by atoms with van der Waals surface area (Å²) < 4.78 is 6.09. The van der Waals surface area contributed by atoms with Crippen LogP contribution in [0.15, 0.2) is 96.1 Å². The summed E-state index contributed by atoms with van der Waals surface area (Å²) in [7, 11) is 0. The van der Waals surface area contributed by atoms with Crippen molar-refractivity contribution in [3.05, 3.63) is 107 Å². The van der Waals surface area contributed by atoms with E-state index in [9.17, 15) is 24.9 Å². The summed E-state index contributed by atoms with van der Waals surface area (Å²) in [5, 5.41) is 32.9. The third-order valence-corrected chi connectivity index (χ3v) is 8.53. The molecule has 1 fully saturated rings. The Morgan fingerprint density at radius 2 is 1.65 bits per heavy atom. The molecule has 2 amide bonds. The van der Waals surface area contributed by atoms with E-state index in [0.717, 1.165) is 16.7 Å². The van der Waals surface area contributed by atoms with E-state index in [2.05, 4.69) is 0 Å². The van der Waals surface area contributed by atoms with Crippen LogP contribution in [0.2, 0.25) is 0 Å². The van der Waals surface area contributed by atoms with Gasteiger partial charge in [-0.1, -0.05) is 73.7 Å². The van der Waals surface area contributed by atoms with Crippen LogP contribution in [0, 0.1) is 17.8 Å². The highest BCUT2D eigenvalue weighted by atomic mass is 16.5. The number of aliphatic hydroxyl groups excluding tert-OH is 2. The van der Waals surface area contributed by atoms with Crippen LogP contribution in [0.1, 0.15) is 43.7 Å². The minimum atomic E-state index is -0.980. The fourth-order valence-electron chi connectivity index (χ4n) is 6.49. The minimum Gasteiger partial charge on any atom is -0.507 e. The van der Waals surface area contributed by atoms with Gasteiger partial charge in [-0.25, -0.2) is 0 Å². The molecule has 0 spiro atoms. The number of rotatable bonds is 12. The number of imide groups is 1. The molecule has 0 unspecified atom stereocenters. The van der Waals surface area contributed by atoms with Crippen molar-refractivity contribution in [2.75, 3.05) is 19.8 Å². The van der Waals surface area contributed by atoms with Gasteiger partial charge in [-0.2, -0.15) is 0 Å². The Labute approximate surface area is 252 Å². The van der Waals surface area contributed by atoms with Gasteiger partial charge in [0, 0.05) is 18.0 Å². The molecule has 0 aromatic heterocycles. The van der Waals surface area contributed by atoms with E-state index >= 15 is 0 Å². The maximum Gasteiger partial charge on any atom is 0.233 e. The Morgan fingerprint density at radius 3 is 2.33 bits per heavy atom. The molecule has 0 saturated carbocycles. The van der Waals surface area contributed by atoms with E-state index in [-0.39, 0.29) is 30.8 Å². The summed E-state index contributed by atoms with van der Waals surface area (Å²) in [6, 6.07) is 26.2. The quantitative estimate of drug-likeness (QED) is 0.149. The first-order chi connectivity index (χ1) is 20.9. The maximum atomic E-state index is 13.5. The average Bonchev–Trinajstić information content (AvgIpc) is 3.27. The number of allylic oxidation sites excluding steroid dienone is 1. The van der Waals surface area contributed by atoms with Crippen molar-refractivity contribution in [2.24, 2.45) is 17.8 Å². The molecular formula is C36H39NO6. The summed E-state index contributed by atoms with van der Waals surface area (Å²) in [5.74, 6) is -1.64. The Hall–Kier alpha value is -4.20. The van der Waals surface area contributed by atoms with Crippen LogP contribution in [-0.4, -0.2) is 57.9 Å². The summed E-state index contributed by atoms with van der Waals surface area (Å²) in [6.07, 6.45) is 2.67. The average molecular weight is 582 g/mol. The van der Waals surface area contributed by atoms with Gasteiger partial charge < -0.3 is 20.1 Å². The van der Waals surface area contributed by atoms with Gasteiger partial charge in [-0.15, -0.1) is 0 Å². The number of hydrogen-bond donors (Lipinski definition) is 3. The van der Waals surface area contributed by atoms with Gasteiger partial charge in [-0.05, 0) is 72.2 Å². The third-order valence-electron chi connectivity index (χ3n) is 8.53. The molecular weight excluding hydrogens is 542 g/mol. The zero-order chi connectivity index (χ0) is 30.3. The fourth-order valence-corrected chi connectivity index (χ4v) is 6.49. The highest BCUT2D eigenvalue weighted by Gasteiger charge is 2.54. The molecule has 224 valence electrons. The first kappa shape index (κ1) is 30.3. The van der Waals surface area contributed by atoms with Crippen LogP contribution in [-0.2, 0) is 9.59 Å². The van der Waals surface area contributed by atoms with Crippen LogP contribution >= 0.6 is 0 Å². The van der Waals surface area contributed by atoms with Gasteiger partial charge in [0.15, 0.2) is 0 Å². The zero-order valence-corrected chi connectivity index (χ0v) is 24.4. The molecule has 3 N–H and O–H groups in total. The number of nitrogens with zero attached hydrogens (tertiary/aromatic N) is 1. The molecule has 0 radical (unpaired) electrons. The number of benzene rings is 3. The molecule has 43 heavy (non-hydrogen) atoms. The van der Waals surface area contributed by atoms with Gasteiger partial charge in [0.2, 0.25) is 11.8 Å².